The lowest BCUT2D eigenvalue weighted by Gasteiger charge is -2.34. The van der Waals surface area contributed by atoms with Crippen LogP contribution in [0.15, 0.2) is 41.4 Å². The first-order valence-electron chi connectivity index (χ1n) is 12.1. The van der Waals surface area contributed by atoms with E-state index in [1.165, 1.54) is 29.3 Å². The van der Waals surface area contributed by atoms with E-state index in [1.807, 2.05) is 4.90 Å². The number of sulfone groups is 1. The highest BCUT2D eigenvalue weighted by Crippen LogP contribution is 2.35. The number of anilines is 1. The number of carbonyl (C=O) groups excluding carboxylic acids is 1. The molecule has 2 saturated heterocycles. The van der Waals surface area contributed by atoms with Crippen LogP contribution in [0.4, 0.5) is 15.0 Å². The van der Waals surface area contributed by atoms with E-state index in [0.29, 0.717) is 43.9 Å². The fraction of sp³-hybridized carbons (Fsp3) is 0.480. The van der Waals surface area contributed by atoms with E-state index >= 15 is 0 Å². The van der Waals surface area contributed by atoms with Crippen LogP contribution < -0.4 is 4.90 Å². The molecule has 9 nitrogen and oxygen atoms in total. The van der Waals surface area contributed by atoms with E-state index in [1.54, 1.807) is 24.0 Å². The molecule has 3 heterocycles. The number of carbonyl (C=O) groups is 2. The molecule has 1 aromatic carbocycles. The minimum absolute atomic E-state index is 0.0102. The van der Waals surface area contributed by atoms with E-state index in [9.17, 15) is 27.5 Å². The number of halogens is 2. The normalized spacial score (nSPS) is 20.8. The molecule has 2 aromatic rings. The number of piperidine rings is 1. The molecular formula is C25H30ClFN4O5S. The van der Waals surface area contributed by atoms with Crippen molar-refractivity contribution in [1.82, 2.24) is 14.8 Å². The minimum atomic E-state index is -3.33. The molecule has 0 saturated carbocycles. The molecule has 2 aliphatic rings. The zero-order valence-corrected chi connectivity index (χ0v) is 22.3. The van der Waals surface area contributed by atoms with Crippen LogP contribution in [0, 0.1) is 11.7 Å². The Bertz CT molecular complexity index is 1270. The first-order chi connectivity index (χ1) is 17.5. The predicted molar refractivity (Wildman–Crippen MR) is 137 cm³/mol. The maximum atomic E-state index is 14.2. The van der Waals surface area contributed by atoms with Crippen LogP contribution in [0.1, 0.15) is 31.2 Å². The zero-order valence-electron chi connectivity index (χ0n) is 20.7. The molecule has 0 aliphatic carbocycles. The number of rotatable bonds is 6. The van der Waals surface area contributed by atoms with Crippen LogP contribution in [0.3, 0.4) is 0 Å². The van der Waals surface area contributed by atoms with Crippen LogP contribution in [-0.4, -0.2) is 85.3 Å². The van der Waals surface area contributed by atoms with Gasteiger partial charge in [0.05, 0.1) is 16.0 Å². The van der Waals surface area contributed by atoms with E-state index in [-0.39, 0.29) is 40.8 Å². The van der Waals surface area contributed by atoms with Crippen molar-refractivity contribution in [3.8, 4) is 0 Å². The van der Waals surface area contributed by atoms with Gasteiger partial charge in [-0.25, -0.2) is 22.6 Å². The molecule has 0 radical (unpaired) electrons. The van der Waals surface area contributed by atoms with Crippen molar-refractivity contribution in [3.05, 3.63) is 52.9 Å². The molecule has 12 heteroatoms. The summed E-state index contributed by atoms with van der Waals surface area (Å²) in [5, 5.41) is 9.74. The summed E-state index contributed by atoms with van der Waals surface area (Å²) in [6.07, 6.45) is 2.57. The van der Waals surface area contributed by atoms with Crippen LogP contribution >= 0.6 is 11.6 Å². The van der Waals surface area contributed by atoms with Gasteiger partial charge in [-0.3, -0.25) is 4.79 Å². The number of likely N-dealkylation sites (tertiary alicyclic amines) is 1. The molecule has 0 spiro atoms. The van der Waals surface area contributed by atoms with Gasteiger partial charge < -0.3 is 19.8 Å². The number of benzene rings is 1. The third kappa shape index (κ3) is 5.82. The largest absolute Gasteiger partial charge is 0.465 e. The second-order valence-electron chi connectivity index (χ2n) is 9.54. The predicted octanol–water partition coefficient (Wildman–Crippen LogP) is 3.49. The number of amides is 2. The highest BCUT2D eigenvalue weighted by Gasteiger charge is 2.43. The van der Waals surface area contributed by atoms with Crippen LogP contribution in [0.2, 0.25) is 5.02 Å². The third-order valence-corrected chi connectivity index (χ3v) is 8.68. The first-order valence-corrected chi connectivity index (χ1v) is 14.4. The van der Waals surface area contributed by atoms with Crippen molar-refractivity contribution in [2.24, 2.45) is 5.92 Å². The summed E-state index contributed by atoms with van der Waals surface area (Å²) in [7, 11) is -3.33. The Labute approximate surface area is 220 Å². The Morgan fingerprint density at radius 3 is 2.43 bits per heavy atom. The Kier molecular flexibility index (Phi) is 7.94. The Morgan fingerprint density at radius 2 is 1.89 bits per heavy atom. The lowest BCUT2D eigenvalue weighted by Crippen LogP contribution is -2.45. The number of carboxylic acid groups (broad SMARTS) is 1. The Hall–Kier alpha value is -2.92. The second-order valence-corrected chi connectivity index (χ2v) is 12.0. The number of pyridine rings is 1. The van der Waals surface area contributed by atoms with Gasteiger partial charge >= 0.3 is 6.09 Å². The molecule has 1 aromatic heterocycles. The SMILES string of the molecule is CCN(C(=O)O)[C@@H]1CN(C(=O)C2CCN(c3ccc(S(C)(=O)=O)cn3)CC2)C[C@H]1c1ccc(Cl)c(F)c1. The lowest BCUT2D eigenvalue weighted by molar-refractivity contribution is -0.135. The van der Waals surface area contributed by atoms with Gasteiger partial charge in [-0.2, -0.15) is 0 Å². The maximum absolute atomic E-state index is 14.2. The Morgan fingerprint density at radius 1 is 1.19 bits per heavy atom. The number of likely N-dealkylation sites (N-methyl/N-ethyl adjacent to an activating group) is 1. The quantitative estimate of drug-likeness (QED) is 0.584. The van der Waals surface area contributed by atoms with Gasteiger partial charge in [-0.15, -0.1) is 0 Å². The standard InChI is InChI=1S/C25H30ClFN4O5S/c1-3-31(25(33)34)22-15-30(14-19(22)17-4-6-20(26)21(27)12-17)24(32)16-8-10-29(11-9-16)23-7-5-18(13-28-23)37(2,35)36/h4-7,12-13,16,19,22H,3,8-11,14-15H2,1-2H3,(H,33,34)/t19-,22+/m0/s1. The van der Waals surface area contributed by atoms with Gasteiger partial charge in [0.1, 0.15) is 11.6 Å². The summed E-state index contributed by atoms with van der Waals surface area (Å²) >= 11 is 5.85. The molecule has 0 unspecified atom stereocenters. The first kappa shape index (κ1) is 27.1. The lowest BCUT2D eigenvalue weighted by atomic mass is 9.93. The molecule has 2 aliphatic heterocycles. The Balaban J connectivity index is 1.46. The summed E-state index contributed by atoms with van der Waals surface area (Å²) in [4.78, 5) is 34.9. The monoisotopic (exact) mass is 552 g/mol. The summed E-state index contributed by atoms with van der Waals surface area (Å²) in [5.74, 6) is -0.559. The van der Waals surface area contributed by atoms with E-state index in [0.717, 1.165) is 6.26 Å². The molecule has 4 rings (SSSR count). The van der Waals surface area contributed by atoms with Crippen molar-refractivity contribution in [1.29, 1.82) is 0 Å². The molecule has 1 N–H and O–H groups in total. The molecule has 2 fully saturated rings. The van der Waals surface area contributed by atoms with Crippen molar-refractivity contribution < 1.29 is 27.5 Å². The summed E-state index contributed by atoms with van der Waals surface area (Å²) in [6.45, 7) is 3.69. The van der Waals surface area contributed by atoms with Gasteiger partial charge in [0.2, 0.25) is 5.91 Å². The fourth-order valence-corrected chi connectivity index (χ4v) is 5.93. The van der Waals surface area contributed by atoms with E-state index in [2.05, 4.69) is 4.98 Å². The van der Waals surface area contributed by atoms with Gasteiger partial charge in [0.25, 0.3) is 0 Å². The highest BCUT2D eigenvalue weighted by atomic mass is 35.5. The van der Waals surface area contributed by atoms with Crippen LogP contribution in [-0.2, 0) is 14.6 Å². The van der Waals surface area contributed by atoms with Gasteiger partial charge in [0.15, 0.2) is 9.84 Å². The van der Waals surface area contributed by atoms with Crippen molar-refractivity contribution >= 4 is 39.3 Å². The number of aromatic nitrogens is 1. The number of hydrogen-bond donors (Lipinski definition) is 1. The molecule has 2 amide bonds. The average molecular weight is 553 g/mol. The van der Waals surface area contributed by atoms with Crippen molar-refractivity contribution in [3.63, 3.8) is 0 Å². The summed E-state index contributed by atoms with van der Waals surface area (Å²) < 4.78 is 37.6. The molecule has 200 valence electrons. The number of hydrogen-bond acceptors (Lipinski definition) is 6. The average Bonchev–Trinajstić information content (AvgIpc) is 3.30. The highest BCUT2D eigenvalue weighted by molar-refractivity contribution is 7.90. The van der Waals surface area contributed by atoms with Crippen molar-refractivity contribution in [2.45, 2.75) is 36.6 Å². The maximum Gasteiger partial charge on any atom is 0.407 e. The van der Waals surface area contributed by atoms with Crippen LogP contribution in [0.25, 0.3) is 0 Å². The fourth-order valence-electron chi connectivity index (χ4n) is 5.26. The van der Waals surface area contributed by atoms with Crippen molar-refractivity contribution in [2.75, 3.05) is 43.9 Å². The van der Waals surface area contributed by atoms with Gasteiger partial charge in [-0.05, 0) is 49.6 Å². The zero-order chi connectivity index (χ0) is 26.9. The molecule has 2 atom stereocenters. The number of nitrogens with zero attached hydrogens (tertiary/aromatic N) is 4. The van der Waals surface area contributed by atoms with Gasteiger partial charge in [0, 0.05) is 57.0 Å². The summed E-state index contributed by atoms with van der Waals surface area (Å²) in [6, 6.07) is 7.17. The topological polar surface area (TPSA) is 111 Å². The smallest absolute Gasteiger partial charge is 0.407 e. The molecular weight excluding hydrogens is 523 g/mol. The van der Waals surface area contributed by atoms with Gasteiger partial charge in [-0.1, -0.05) is 17.7 Å². The van der Waals surface area contributed by atoms with E-state index in [4.69, 9.17) is 11.6 Å². The van der Waals surface area contributed by atoms with Crippen LogP contribution in [0.5, 0.6) is 0 Å². The third-order valence-electron chi connectivity index (χ3n) is 7.28. The summed E-state index contributed by atoms with van der Waals surface area (Å²) in [5.41, 5.74) is 0.611. The molecule has 37 heavy (non-hydrogen) atoms. The second kappa shape index (κ2) is 10.8. The molecule has 0 bridgehead atoms. The van der Waals surface area contributed by atoms with E-state index < -0.39 is 27.8 Å². The minimum Gasteiger partial charge on any atom is -0.465 e.